The van der Waals surface area contributed by atoms with Gasteiger partial charge in [0.05, 0.1) is 11.8 Å². The lowest BCUT2D eigenvalue weighted by Crippen LogP contribution is -2.33. The molecule has 1 aromatic rings. The first-order valence-electron chi connectivity index (χ1n) is 4.02. The highest BCUT2D eigenvalue weighted by molar-refractivity contribution is 8.00. The number of ether oxygens (including phenoxy) is 1. The van der Waals surface area contributed by atoms with Gasteiger partial charge in [0.15, 0.2) is 0 Å². The Hall–Kier alpha value is -1.56. The molecule has 0 saturated heterocycles. The van der Waals surface area contributed by atoms with Crippen molar-refractivity contribution in [2.24, 2.45) is 0 Å². The quantitative estimate of drug-likeness (QED) is 0.331. The standard InChI is InChI=1S/C9H8NO4S/c1-9(10(12)13,14-7-11)15-8-5-3-2-4-6-8/h2-6H,1H3. The van der Waals surface area contributed by atoms with E-state index in [4.69, 9.17) is 0 Å². The van der Waals surface area contributed by atoms with E-state index in [1.165, 1.54) is 6.92 Å². The summed E-state index contributed by atoms with van der Waals surface area (Å²) in [6.45, 7) is 2.30. The van der Waals surface area contributed by atoms with Crippen LogP contribution in [-0.4, -0.2) is 16.5 Å². The third-order valence-electron chi connectivity index (χ3n) is 1.61. The SMILES string of the molecule is CC(O[C]=O)(Sc1ccccc1)[N+](=O)[O-]. The van der Waals surface area contributed by atoms with E-state index in [0.29, 0.717) is 4.90 Å². The van der Waals surface area contributed by atoms with Gasteiger partial charge in [-0.2, -0.15) is 0 Å². The van der Waals surface area contributed by atoms with Crippen molar-refractivity contribution in [1.82, 2.24) is 0 Å². The predicted octanol–water partition coefficient (Wildman–Crippen LogP) is 1.81. The minimum Gasteiger partial charge on any atom is -0.378 e. The molecule has 0 fully saturated rings. The van der Waals surface area contributed by atoms with Crippen molar-refractivity contribution in [3.63, 3.8) is 0 Å². The topological polar surface area (TPSA) is 69.4 Å². The Balaban J connectivity index is 2.84. The van der Waals surface area contributed by atoms with E-state index >= 15 is 0 Å². The molecule has 5 nitrogen and oxygen atoms in total. The fraction of sp³-hybridized carbons (Fsp3) is 0.222. The second-order valence-electron chi connectivity index (χ2n) is 2.76. The van der Waals surface area contributed by atoms with Crippen molar-refractivity contribution in [2.45, 2.75) is 16.9 Å². The molecule has 1 radical (unpaired) electrons. The summed E-state index contributed by atoms with van der Waals surface area (Å²) < 4.78 is 4.35. The van der Waals surface area contributed by atoms with Gasteiger partial charge in [0.2, 0.25) is 0 Å². The first-order valence-corrected chi connectivity index (χ1v) is 4.84. The zero-order valence-corrected chi connectivity index (χ0v) is 8.69. The van der Waals surface area contributed by atoms with Gasteiger partial charge in [0.25, 0.3) is 0 Å². The lowest BCUT2D eigenvalue weighted by atomic mass is 10.4. The summed E-state index contributed by atoms with van der Waals surface area (Å²) >= 11 is 0.840. The molecule has 0 amide bonds. The Morgan fingerprint density at radius 3 is 2.53 bits per heavy atom. The molecular weight excluding hydrogens is 218 g/mol. The van der Waals surface area contributed by atoms with Crippen LogP contribution < -0.4 is 0 Å². The molecule has 0 aliphatic heterocycles. The molecule has 1 aromatic carbocycles. The highest BCUT2D eigenvalue weighted by Gasteiger charge is 2.41. The number of hydrogen-bond donors (Lipinski definition) is 0. The smallest absolute Gasteiger partial charge is 0.378 e. The lowest BCUT2D eigenvalue weighted by Gasteiger charge is -2.16. The molecule has 0 spiro atoms. The van der Waals surface area contributed by atoms with E-state index in [0.717, 1.165) is 18.2 Å². The minimum absolute atomic E-state index is 0.645. The Labute approximate surface area is 90.6 Å². The number of rotatable bonds is 5. The molecule has 79 valence electrons. The second-order valence-corrected chi connectivity index (χ2v) is 4.19. The van der Waals surface area contributed by atoms with E-state index in [2.05, 4.69) is 4.74 Å². The average Bonchev–Trinajstić information content (AvgIpc) is 2.19. The number of hydrogen-bond acceptors (Lipinski definition) is 5. The van der Waals surface area contributed by atoms with Crippen molar-refractivity contribution in [2.75, 3.05) is 0 Å². The molecule has 1 rings (SSSR count). The number of thioether (sulfide) groups is 1. The van der Waals surface area contributed by atoms with Gasteiger partial charge in [0, 0.05) is 16.7 Å². The number of nitro groups is 1. The van der Waals surface area contributed by atoms with Gasteiger partial charge < -0.3 is 4.74 Å². The van der Waals surface area contributed by atoms with Crippen molar-refractivity contribution >= 4 is 18.2 Å². The zero-order chi connectivity index (χ0) is 11.3. The van der Waals surface area contributed by atoms with Crippen molar-refractivity contribution in [3.8, 4) is 0 Å². The van der Waals surface area contributed by atoms with Crippen LogP contribution in [0.5, 0.6) is 0 Å². The number of carbonyl (C=O) groups excluding carboxylic acids is 1. The fourth-order valence-corrected chi connectivity index (χ4v) is 1.76. The molecule has 1 unspecified atom stereocenters. The molecule has 0 aromatic heterocycles. The third-order valence-corrected chi connectivity index (χ3v) is 2.73. The predicted molar refractivity (Wildman–Crippen MR) is 54.5 cm³/mol. The van der Waals surface area contributed by atoms with Crippen LogP contribution in [-0.2, 0) is 9.53 Å². The largest absolute Gasteiger partial charge is 0.423 e. The summed E-state index contributed by atoms with van der Waals surface area (Å²) in [7, 11) is 0. The van der Waals surface area contributed by atoms with Gasteiger partial charge in [-0.3, -0.25) is 10.1 Å². The Morgan fingerprint density at radius 2 is 2.07 bits per heavy atom. The molecule has 0 bridgehead atoms. The summed E-state index contributed by atoms with van der Waals surface area (Å²) in [5.74, 6) is 0. The van der Waals surface area contributed by atoms with Crippen molar-refractivity contribution in [1.29, 1.82) is 0 Å². The zero-order valence-electron chi connectivity index (χ0n) is 7.88. The van der Waals surface area contributed by atoms with E-state index in [1.54, 1.807) is 30.3 Å². The summed E-state index contributed by atoms with van der Waals surface area (Å²) in [5.41, 5.74) is 0. The normalized spacial score (nSPS) is 13.9. The van der Waals surface area contributed by atoms with Crippen LogP contribution in [0.15, 0.2) is 35.2 Å². The monoisotopic (exact) mass is 226 g/mol. The lowest BCUT2D eigenvalue weighted by molar-refractivity contribution is -0.578. The van der Waals surface area contributed by atoms with Gasteiger partial charge in [-0.05, 0) is 12.1 Å². The van der Waals surface area contributed by atoms with Crippen LogP contribution >= 0.6 is 11.8 Å². The van der Waals surface area contributed by atoms with Crippen LogP contribution in [0.1, 0.15) is 6.92 Å². The Kier molecular flexibility index (Phi) is 3.68. The van der Waals surface area contributed by atoms with Gasteiger partial charge in [0.1, 0.15) is 0 Å². The molecule has 1 atom stereocenters. The maximum absolute atomic E-state index is 10.7. The summed E-state index contributed by atoms with van der Waals surface area (Å²) in [6.07, 6.45) is 0. The first kappa shape index (κ1) is 11.5. The van der Waals surface area contributed by atoms with Gasteiger partial charge >= 0.3 is 11.5 Å². The molecule has 0 aliphatic rings. The van der Waals surface area contributed by atoms with Gasteiger partial charge in [-0.15, -0.1) is 0 Å². The number of nitrogens with zero attached hydrogens (tertiary/aromatic N) is 1. The maximum atomic E-state index is 10.7. The molecule has 15 heavy (non-hydrogen) atoms. The summed E-state index contributed by atoms with van der Waals surface area (Å²) in [4.78, 5) is 20.7. The van der Waals surface area contributed by atoms with Crippen LogP contribution in [0.2, 0.25) is 0 Å². The van der Waals surface area contributed by atoms with Crippen LogP contribution in [0.4, 0.5) is 0 Å². The van der Waals surface area contributed by atoms with Crippen molar-refractivity contribution < 1.29 is 14.5 Å². The van der Waals surface area contributed by atoms with Gasteiger partial charge in [-0.1, -0.05) is 18.2 Å². The van der Waals surface area contributed by atoms with E-state index in [-0.39, 0.29) is 0 Å². The van der Waals surface area contributed by atoms with Crippen LogP contribution in [0.3, 0.4) is 0 Å². The summed E-state index contributed by atoms with van der Waals surface area (Å²) in [6, 6.07) is 8.67. The van der Waals surface area contributed by atoms with Crippen LogP contribution in [0, 0.1) is 10.1 Å². The highest BCUT2D eigenvalue weighted by atomic mass is 32.2. The molecule has 6 heteroatoms. The number of benzene rings is 1. The molecule has 0 N–H and O–H groups in total. The molecule has 0 saturated carbocycles. The Bertz CT molecular complexity index is 356. The Morgan fingerprint density at radius 1 is 1.47 bits per heavy atom. The van der Waals surface area contributed by atoms with Crippen molar-refractivity contribution in [3.05, 3.63) is 40.4 Å². The molecule has 0 heterocycles. The second kappa shape index (κ2) is 4.79. The minimum atomic E-state index is -1.83. The highest BCUT2D eigenvalue weighted by Crippen LogP contribution is 2.33. The van der Waals surface area contributed by atoms with E-state index in [9.17, 15) is 14.9 Å². The van der Waals surface area contributed by atoms with E-state index in [1.807, 2.05) is 0 Å². The molecule has 0 aliphatic carbocycles. The van der Waals surface area contributed by atoms with Crippen LogP contribution in [0.25, 0.3) is 0 Å². The maximum Gasteiger partial charge on any atom is 0.423 e. The first-order chi connectivity index (χ1) is 7.08. The third kappa shape index (κ3) is 2.95. The summed E-state index contributed by atoms with van der Waals surface area (Å²) in [5, 5.41) is 8.87. The van der Waals surface area contributed by atoms with Gasteiger partial charge in [-0.25, -0.2) is 4.79 Å². The molecular formula is C9H8NO4S. The fourth-order valence-electron chi connectivity index (χ4n) is 0.880. The average molecular weight is 226 g/mol. The van der Waals surface area contributed by atoms with E-state index < -0.39 is 9.98 Å².